The number of sulfone groups is 1. The summed E-state index contributed by atoms with van der Waals surface area (Å²) in [4.78, 5) is 4.91. The zero-order valence-electron chi connectivity index (χ0n) is 16.3. The molecular formula is C23H18FNO4S2. The van der Waals surface area contributed by atoms with Gasteiger partial charge in [0.15, 0.2) is 0 Å². The van der Waals surface area contributed by atoms with Crippen molar-refractivity contribution in [3.63, 3.8) is 0 Å². The van der Waals surface area contributed by atoms with Gasteiger partial charge in [-0.3, -0.25) is 0 Å². The topological polar surface area (TPSA) is 65.5 Å². The van der Waals surface area contributed by atoms with E-state index in [0.717, 1.165) is 10.7 Å². The van der Waals surface area contributed by atoms with Gasteiger partial charge in [-0.25, -0.2) is 17.8 Å². The van der Waals surface area contributed by atoms with Crippen LogP contribution in [0.4, 0.5) is 4.39 Å². The minimum absolute atomic E-state index is 0.208. The van der Waals surface area contributed by atoms with Gasteiger partial charge in [0, 0.05) is 5.38 Å². The van der Waals surface area contributed by atoms with Gasteiger partial charge in [0.2, 0.25) is 9.84 Å². The van der Waals surface area contributed by atoms with Crippen molar-refractivity contribution in [2.45, 2.75) is 23.0 Å². The summed E-state index contributed by atoms with van der Waals surface area (Å²) in [6.07, 6.45) is 0. The molecule has 5 nitrogen and oxygen atoms in total. The van der Waals surface area contributed by atoms with Crippen molar-refractivity contribution in [3.8, 4) is 11.5 Å². The van der Waals surface area contributed by atoms with Crippen molar-refractivity contribution in [1.82, 2.24) is 4.98 Å². The molecule has 0 bridgehead atoms. The van der Waals surface area contributed by atoms with Crippen LogP contribution in [0.3, 0.4) is 0 Å². The third kappa shape index (κ3) is 5.28. The highest BCUT2D eigenvalue weighted by Crippen LogP contribution is 2.23. The van der Waals surface area contributed by atoms with Crippen LogP contribution in [-0.4, -0.2) is 13.4 Å². The Morgan fingerprint density at radius 1 is 0.774 bits per heavy atom. The van der Waals surface area contributed by atoms with Gasteiger partial charge in [-0.15, -0.1) is 11.3 Å². The zero-order chi connectivity index (χ0) is 21.7. The van der Waals surface area contributed by atoms with Gasteiger partial charge in [-0.1, -0.05) is 18.2 Å². The number of thiazole rings is 1. The summed E-state index contributed by atoms with van der Waals surface area (Å²) in [5.74, 6) is 0.802. The molecule has 0 saturated carbocycles. The van der Waals surface area contributed by atoms with Gasteiger partial charge in [-0.05, 0) is 60.7 Å². The first-order valence-corrected chi connectivity index (χ1v) is 11.7. The summed E-state index contributed by atoms with van der Waals surface area (Å²) in [7, 11) is -3.55. The van der Waals surface area contributed by atoms with Crippen LogP contribution in [0, 0.1) is 5.82 Å². The molecule has 0 atom stereocenters. The van der Waals surface area contributed by atoms with Gasteiger partial charge >= 0.3 is 0 Å². The lowest BCUT2D eigenvalue weighted by atomic mass is 10.3. The van der Waals surface area contributed by atoms with Crippen LogP contribution >= 0.6 is 11.3 Å². The fraction of sp³-hybridized carbons (Fsp3) is 0.0870. The number of halogens is 1. The molecule has 0 aliphatic rings. The smallest absolute Gasteiger partial charge is 0.206 e. The normalized spacial score (nSPS) is 11.3. The van der Waals surface area contributed by atoms with Gasteiger partial charge in [0.25, 0.3) is 0 Å². The van der Waals surface area contributed by atoms with E-state index < -0.39 is 9.84 Å². The van der Waals surface area contributed by atoms with E-state index in [1.54, 1.807) is 54.6 Å². The van der Waals surface area contributed by atoms with Gasteiger partial charge in [0.1, 0.15) is 35.5 Å². The standard InChI is InChI=1S/C23H18FNO4S2/c24-17-6-8-19(9-7-17)29-15-23-25-18(16-30-23)14-28-20-10-12-22(13-11-20)31(26,27)21-4-2-1-3-5-21/h1-13,16H,14-15H2. The molecule has 1 aromatic heterocycles. The highest BCUT2D eigenvalue weighted by molar-refractivity contribution is 7.91. The Bertz CT molecular complexity index is 1240. The summed E-state index contributed by atoms with van der Waals surface area (Å²) in [6.45, 7) is 0.528. The van der Waals surface area contributed by atoms with Crippen LogP contribution in [-0.2, 0) is 23.1 Å². The maximum Gasteiger partial charge on any atom is 0.206 e. The third-order valence-corrected chi connectivity index (χ3v) is 7.01. The molecule has 0 fully saturated rings. The van der Waals surface area contributed by atoms with E-state index in [1.165, 1.54) is 35.6 Å². The molecule has 0 N–H and O–H groups in total. The van der Waals surface area contributed by atoms with E-state index in [-0.39, 0.29) is 28.8 Å². The summed E-state index contributed by atoms with van der Waals surface area (Å²) in [5, 5.41) is 2.64. The maximum atomic E-state index is 12.9. The lowest BCUT2D eigenvalue weighted by Crippen LogP contribution is -2.02. The van der Waals surface area contributed by atoms with E-state index in [2.05, 4.69) is 4.98 Å². The second-order valence-electron chi connectivity index (χ2n) is 6.55. The van der Waals surface area contributed by atoms with Gasteiger partial charge < -0.3 is 9.47 Å². The van der Waals surface area contributed by atoms with Crippen molar-refractivity contribution in [2.75, 3.05) is 0 Å². The number of rotatable bonds is 8. The van der Waals surface area contributed by atoms with Crippen LogP contribution < -0.4 is 9.47 Å². The van der Waals surface area contributed by atoms with E-state index >= 15 is 0 Å². The molecule has 0 radical (unpaired) electrons. The van der Waals surface area contributed by atoms with E-state index in [4.69, 9.17) is 9.47 Å². The second kappa shape index (κ2) is 9.28. The van der Waals surface area contributed by atoms with Crippen LogP contribution in [0.1, 0.15) is 10.7 Å². The number of aromatic nitrogens is 1. The Balaban J connectivity index is 1.33. The predicted molar refractivity (Wildman–Crippen MR) is 116 cm³/mol. The summed E-state index contributed by atoms with van der Waals surface area (Å²) >= 11 is 1.44. The third-order valence-electron chi connectivity index (χ3n) is 4.35. The van der Waals surface area contributed by atoms with Crippen molar-refractivity contribution < 1.29 is 22.3 Å². The monoisotopic (exact) mass is 455 g/mol. The predicted octanol–water partition coefficient (Wildman–Crippen LogP) is 5.27. The minimum Gasteiger partial charge on any atom is -0.487 e. The van der Waals surface area contributed by atoms with E-state index in [0.29, 0.717) is 11.5 Å². The number of hydrogen-bond acceptors (Lipinski definition) is 6. The van der Waals surface area contributed by atoms with Crippen LogP contribution in [0.25, 0.3) is 0 Å². The molecule has 0 amide bonds. The molecule has 31 heavy (non-hydrogen) atoms. The molecule has 3 aromatic carbocycles. The Kier molecular flexibility index (Phi) is 6.29. The highest BCUT2D eigenvalue weighted by atomic mass is 32.2. The number of hydrogen-bond donors (Lipinski definition) is 0. The van der Waals surface area contributed by atoms with Crippen molar-refractivity contribution in [1.29, 1.82) is 0 Å². The zero-order valence-corrected chi connectivity index (χ0v) is 17.9. The van der Waals surface area contributed by atoms with Crippen molar-refractivity contribution in [3.05, 3.63) is 101 Å². The largest absolute Gasteiger partial charge is 0.487 e. The van der Waals surface area contributed by atoms with E-state index in [9.17, 15) is 12.8 Å². The fourth-order valence-corrected chi connectivity index (χ4v) is 4.74. The SMILES string of the molecule is O=S(=O)(c1ccccc1)c1ccc(OCc2csc(COc3ccc(F)cc3)n2)cc1. The summed E-state index contributed by atoms with van der Waals surface area (Å²) < 4.78 is 49.5. The summed E-state index contributed by atoms with van der Waals surface area (Å²) in [6, 6.07) is 20.4. The summed E-state index contributed by atoms with van der Waals surface area (Å²) in [5.41, 5.74) is 0.740. The first kappa shape index (κ1) is 21.0. The number of ether oxygens (including phenoxy) is 2. The Hall–Kier alpha value is -3.23. The molecule has 0 spiro atoms. The molecule has 0 aliphatic heterocycles. The van der Waals surface area contributed by atoms with Crippen molar-refractivity contribution in [2.24, 2.45) is 0 Å². The maximum absolute atomic E-state index is 12.9. The first-order chi connectivity index (χ1) is 15.0. The molecule has 4 rings (SSSR count). The lowest BCUT2D eigenvalue weighted by Gasteiger charge is -2.07. The van der Waals surface area contributed by atoms with Crippen molar-refractivity contribution >= 4 is 21.2 Å². The van der Waals surface area contributed by atoms with Crippen LogP contribution in [0.15, 0.2) is 94.0 Å². The van der Waals surface area contributed by atoms with Gasteiger partial charge in [0.05, 0.1) is 15.5 Å². The lowest BCUT2D eigenvalue weighted by molar-refractivity contribution is 0.294. The molecule has 8 heteroatoms. The van der Waals surface area contributed by atoms with Crippen LogP contribution in [0.5, 0.6) is 11.5 Å². The molecule has 4 aromatic rings. The molecule has 0 saturated heterocycles. The minimum atomic E-state index is -3.55. The Labute approximate surface area is 183 Å². The molecule has 158 valence electrons. The number of benzene rings is 3. The Morgan fingerprint density at radius 2 is 1.35 bits per heavy atom. The fourth-order valence-electron chi connectivity index (χ4n) is 2.77. The average molecular weight is 456 g/mol. The van der Waals surface area contributed by atoms with Crippen LogP contribution in [0.2, 0.25) is 0 Å². The first-order valence-electron chi connectivity index (χ1n) is 9.35. The quantitative estimate of drug-likeness (QED) is 0.362. The number of nitrogens with zero attached hydrogens (tertiary/aromatic N) is 1. The molecule has 1 heterocycles. The molecule has 0 aliphatic carbocycles. The Morgan fingerprint density at radius 3 is 2.03 bits per heavy atom. The second-order valence-corrected chi connectivity index (χ2v) is 9.44. The van der Waals surface area contributed by atoms with E-state index in [1.807, 2.05) is 5.38 Å². The molecular weight excluding hydrogens is 437 g/mol. The highest BCUT2D eigenvalue weighted by Gasteiger charge is 2.17. The van der Waals surface area contributed by atoms with Gasteiger partial charge in [-0.2, -0.15) is 0 Å². The average Bonchev–Trinajstić information content (AvgIpc) is 3.26. The molecule has 0 unspecified atom stereocenters.